The maximum absolute atomic E-state index is 5.81. The molecular formula is C14H13ClN2. The molecule has 2 aromatic rings. The van der Waals surface area contributed by atoms with Gasteiger partial charge in [0.1, 0.15) is 0 Å². The van der Waals surface area contributed by atoms with Crippen LogP contribution in [0.15, 0.2) is 41.4 Å². The molecule has 86 valence electrons. The van der Waals surface area contributed by atoms with Crippen LogP contribution in [0.1, 0.15) is 16.8 Å². The Morgan fingerprint density at radius 3 is 2.47 bits per heavy atom. The van der Waals surface area contributed by atoms with Gasteiger partial charge >= 0.3 is 0 Å². The van der Waals surface area contributed by atoms with Gasteiger partial charge in [-0.2, -0.15) is 0 Å². The van der Waals surface area contributed by atoms with Crippen molar-refractivity contribution < 1.29 is 0 Å². The van der Waals surface area contributed by atoms with Gasteiger partial charge in [-0.25, -0.2) is 9.98 Å². The van der Waals surface area contributed by atoms with Gasteiger partial charge in [0, 0.05) is 16.9 Å². The molecule has 0 saturated heterocycles. The van der Waals surface area contributed by atoms with Crippen molar-refractivity contribution in [2.75, 3.05) is 0 Å². The normalized spacial score (nSPS) is 11.0. The Hall–Kier alpha value is -1.67. The molecule has 0 radical (unpaired) electrons. The molecule has 0 bridgehead atoms. The molecule has 0 amide bonds. The summed E-state index contributed by atoms with van der Waals surface area (Å²) in [5.74, 6) is 0.734. The van der Waals surface area contributed by atoms with Crippen molar-refractivity contribution in [3.63, 3.8) is 0 Å². The molecule has 0 saturated carbocycles. The summed E-state index contributed by atoms with van der Waals surface area (Å²) in [5.41, 5.74) is 3.16. The number of aliphatic imine (C=N–C) groups is 1. The van der Waals surface area contributed by atoms with Gasteiger partial charge in [-0.15, -0.1) is 0 Å². The molecule has 1 aromatic carbocycles. The van der Waals surface area contributed by atoms with Crippen LogP contribution >= 0.6 is 11.6 Å². The number of rotatable bonds is 2. The van der Waals surface area contributed by atoms with E-state index in [0.717, 1.165) is 22.1 Å². The Morgan fingerprint density at radius 2 is 1.82 bits per heavy atom. The van der Waals surface area contributed by atoms with Crippen molar-refractivity contribution in [3.05, 3.63) is 58.2 Å². The van der Waals surface area contributed by atoms with Gasteiger partial charge in [0.25, 0.3) is 0 Å². The second kappa shape index (κ2) is 5.11. The van der Waals surface area contributed by atoms with Crippen molar-refractivity contribution in [1.82, 2.24) is 4.98 Å². The van der Waals surface area contributed by atoms with Crippen LogP contribution in [0.4, 0.5) is 5.82 Å². The van der Waals surface area contributed by atoms with E-state index < -0.39 is 0 Å². The maximum Gasteiger partial charge on any atom is 0.152 e. The molecule has 0 fully saturated rings. The molecule has 0 aliphatic rings. The van der Waals surface area contributed by atoms with Crippen LogP contribution in [-0.4, -0.2) is 11.2 Å². The highest BCUT2D eigenvalue weighted by molar-refractivity contribution is 6.30. The van der Waals surface area contributed by atoms with Crippen LogP contribution in [0.25, 0.3) is 0 Å². The van der Waals surface area contributed by atoms with E-state index in [-0.39, 0.29) is 0 Å². The van der Waals surface area contributed by atoms with Crippen molar-refractivity contribution in [3.8, 4) is 0 Å². The highest BCUT2D eigenvalue weighted by Gasteiger charge is 1.94. The first-order chi connectivity index (χ1) is 8.13. The smallest absolute Gasteiger partial charge is 0.152 e. The fourth-order valence-corrected chi connectivity index (χ4v) is 1.70. The number of nitrogens with zero attached hydrogens (tertiary/aromatic N) is 2. The average Bonchev–Trinajstić information content (AvgIpc) is 2.27. The van der Waals surface area contributed by atoms with Crippen LogP contribution in [0.2, 0.25) is 5.02 Å². The zero-order valence-corrected chi connectivity index (χ0v) is 10.6. The zero-order chi connectivity index (χ0) is 12.3. The Morgan fingerprint density at radius 1 is 1.12 bits per heavy atom. The standard InChI is InChI=1S/C14H13ClN2/c1-10-7-11(2)17-14(8-10)16-9-12-3-5-13(15)6-4-12/h3-9H,1-2H3/b16-9+. The Balaban J connectivity index is 2.22. The number of aryl methyl sites for hydroxylation is 2. The third-order valence-electron chi connectivity index (χ3n) is 2.30. The van der Waals surface area contributed by atoms with Gasteiger partial charge in [-0.05, 0) is 49.2 Å². The zero-order valence-electron chi connectivity index (χ0n) is 9.81. The lowest BCUT2D eigenvalue weighted by Gasteiger charge is -1.98. The van der Waals surface area contributed by atoms with Crippen LogP contribution < -0.4 is 0 Å². The quantitative estimate of drug-likeness (QED) is 0.730. The van der Waals surface area contributed by atoms with Gasteiger partial charge < -0.3 is 0 Å². The first-order valence-electron chi connectivity index (χ1n) is 5.38. The molecule has 0 aliphatic heterocycles. The topological polar surface area (TPSA) is 25.2 Å². The van der Waals surface area contributed by atoms with Crippen LogP contribution in [-0.2, 0) is 0 Å². The fourth-order valence-electron chi connectivity index (χ4n) is 1.58. The average molecular weight is 245 g/mol. The molecule has 2 rings (SSSR count). The molecule has 0 N–H and O–H groups in total. The number of hydrogen-bond acceptors (Lipinski definition) is 2. The first kappa shape index (κ1) is 11.8. The predicted molar refractivity (Wildman–Crippen MR) is 72.4 cm³/mol. The van der Waals surface area contributed by atoms with Crippen molar-refractivity contribution in [1.29, 1.82) is 0 Å². The second-order valence-corrected chi connectivity index (χ2v) is 4.39. The van der Waals surface area contributed by atoms with E-state index in [1.165, 1.54) is 5.56 Å². The van der Waals surface area contributed by atoms with Gasteiger partial charge in [-0.3, -0.25) is 0 Å². The van der Waals surface area contributed by atoms with Crippen molar-refractivity contribution in [2.45, 2.75) is 13.8 Å². The minimum absolute atomic E-state index is 0.728. The lowest BCUT2D eigenvalue weighted by molar-refractivity contribution is 1.16. The van der Waals surface area contributed by atoms with Crippen LogP contribution in [0.3, 0.4) is 0 Å². The van der Waals surface area contributed by atoms with Gasteiger partial charge in [0.15, 0.2) is 5.82 Å². The Kier molecular flexibility index (Phi) is 3.55. The van der Waals surface area contributed by atoms with Gasteiger partial charge in [0.05, 0.1) is 0 Å². The molecular weight excluding hydrogens is 232 g/mol. The summed E-state index contributed by atoms with van der Waals surface area (Å²) in [6, 6.07) is 11.5. The van der Waals surface area contributed by atoms with E-state index in [0.29, 0.717) is 0 Å². The number of halogens is 1. The maximum atomic E-state index is 5.81. The number of hydrogen-bond donors (Lipinski definition) is 0. The summed E-state index contributed by atoms with van der Waals surface area (Å²) in [5, 5.41) is 0.728. The molecule has 0 spiro atoms. The van der Waals surface area contributed by atoms with Crippen molar-refractivity contribution in [2.24, 2.45) is 4.99 Å². The summed E-state index contributed by atoms with van der Waals surface area (Å²) < 4.78 is 0. The third kappa shape index (κ3) is 3.40. The first-order valence-corrected chi connectivity index (χ1v) is 5.76. The van der Waals surface area contributed by atoms with Gasteiger partial charge in [0.2, 0.25) is 0 Å². The summed E-state index contributed by atoms with van der Waals surface area (Å²) in [6.45, 7) is 4.00. The van der Waals surface area contributed by atoms with E-state index in [1.807, 2.05) is 50.2 Å². The largest absolute Gasteiger partial charge is 0.237 e. The number of benzene rings is 1. The fraction of sp³-hybridized carbons (Fsp3) is 0.143. The summed E-state index contributed by atoms with van der Waals surface area (Å²) in [6.07, 6.45) is 1.79. The molecule has 0 atom stereocenters. The molecule has 17 heavy (non-hydrogen) atoms. The van der Waals surface area contributed by atoms with Crippen molar-refractivity contribution >= 4 is 23.6 Å². The molecule has 1 heterocycles. The van der Waals surface area contributed by atoms with Crippen LogP contribution in [0.5, 0.6) is 0 Å². The predicted octanol–water partition coefficient (Wildman–Crippen LogP) is 4.10. The van der Waals surface area contributed by atoms with E-state index in [9.17, 15) is 0 Å². The summed E-state index contributed by atoms with van der Waals surface area (Å²) >= 11 is 5.81. The molecule has 0 aliphatic carbocycles. The van der Waals surface area contributed by atoms with E-state index >= 15 is 0 Å². The highest BCUT2D eigenvalue weighted by Crippen LogP contribution is 2.13. The minimum atomic E-state index is 0.728. The SMILES string of the molecule is Cc1cc(C)nc(/N=C/c2ccc(Cl)cc2)c1. The summed E-state index contributed by atoms with van der Waals surface area (Å²) in [4.78, 5) is 8.69. The Bertz CT molecular complexity index is 524. The highest BCUT2D eigenvalue weighted by atomic mass is 35.5. The lowest BCUT2D eigenvalue weighted by Crippen LogP contribution is -1.85. The molecule has 2 nitrogen and oxygen atoms in total. The van der Waals surface area contributed by atoms with Crippen LogP contribution in [0, 0.1) is 13.8 Å². The summed E-state index contributed by atoms with van der Waals surface area (Å²) in [7, 11) is 0. The van der Waals surface area contributed by atoms with E-state index in [1.54, 1.807) is 6.21 Å². The monoisotopic (exact) mass is 244 g/mol. The second-order valence-electron chi connectivity index (χ2n) is 3.95. The lowest BCUT2D eigenvalue weighted by atomic mass is 10.2. The Labute approximate surface area is 106 Å². The molecule has 3 heteroatoms. The molecule has 1 aromatic heterocycles. The van der Waals surface area contributed by atoms with Gasteiger partial charge in [-0.1, -0.05) is 23.7 Å². The van der Waals surface area contributed by atoms with E-state index in [2.05, 4.69) is 9.98 Å². The third-order valence-corrected chi connectivity index (χ3v) is 2.55. The van der Waals surface area contributed by atoms with E-state index in [4.69, 9.17) is 11.6 Å². The minimum Gasteiger partial charge on any atom is -0.237 e. The molecule has 0 unspecified atom stereocenters. The number of aromatic nitrogens is 1. The number of pyridine rings is 1.